The zero-order chi connectivity index (χ0) is 8.60. The van der Waals surface area contributed by atoms with Gasteiger partial charge in [-0.3, -0.25) is 4.57 Å². The third kappa shape index (κ3) is 1.27. The van der Waals surface area contributed by atoms with Crippen LogP contribution in [0.4, 0.5) is 0 Å². The lowest BCUT2D eigenvalue weighted by Crippen LogP contribution is -2.07. The van der Waals surface area contributed by atoms with Crippen LogP contribution >= 0.6 is 7.37 Å². The molecule has 68 valence electrons. The number of hydrogen-bond acceptors (Lipinski definition) is 1. The largest absolute Gasteiger partial charge is 0.341 e. The SMILES string of the molecule is O=P(O)(C1=CCC1)C1CCCC1. The predicted octanol–water partition coefficient (Wildman–Crippen LogP) is 2.88. The highest BCUT2D eigenvalue weighted by molar-refractivity contribution is 7.63. The van der Waals surface area contributed by atoms with Crippen molar-refractivity contribution in [2.24, 2.45) is 0 Å². The predicted molar refractivity (Wildman–Crippen MR) is 49.4 cm³/mol. The fourth-order valence-corrected chi connectivity index (χ4v) is 4.43. The van der Waals surface area contributed by atoms with Crippen LogP contribution in [0.15, 0.2) is 11.4 Å². The molecule has 0 spiro atoms. The minimum absolute atomic E-state index is 0.101. The van der Waals surface area contributed by atoms with Gasteiger partial charge in [0.25, 0.3) is 0 Å². The second-order valence-corrected chi connectivity index (χ2v) is 6.35. The molecule has 0 amide bonds. The van der Waals surface area contributed by atoms with Gasteiger partial charge in [-0.05, 0) is 25.7 Å². The van der Waals surface area contributed by atoms with Gasteiger partial charge in [-0.1, -0.05) is 18.9 Å². The number of allylic oxidation sites excluding steroid dienone is 2. The summed E-state index contributed by atoms with van der Waals surface area (Å²) < 4.78 is 11.9. The van der Waals surface area contributed by atoms with Gasteiger partial charge in [0, 0.05) is 11.0 Å². The van der Waals surface area contributed by atoms with Crippen molar-refractivity contribution in [3.05, 3.63) is 11.4 Å². The Bertz CT molecular complexity index is 251. The van der Waals surface area contributed by atoms with Gasteiger partial charge in [0.2, 0.25) is 7.37 Å². The minimum Gasteiger partial charge on any atom is -0.341 e. The van der Waals surface area contributed by atoms with E-state index in [4.69, 9.17) is 0 Å². The number of rotatable bonds is 2. The molecule has 2 nitrogen and oxygen atoms in total. The summed E-state index contributed by atoms with van der Waals surface area (Å²) in [5.74, 6) is 0. The maximum Gasteiger partial charge on any atom is 0.228 e. The molecule has 0 saturated heterocycles. The van der Waals surface area contributed by atoms with Gasteiger partial charge in [0.1, 0.15) is 0 Å². The molecule has 0 heterocycles. The van der Waals surface area contributed by atoms with E-state index in [0.717, 1.165) is 43.8 Å². The highest BCUT2D eigenvalue weighted by Crippen LogP contribution is 2.62. The van der Waals surface area contributed by atoms with Crippen LogP contribution in [-0.2, 0) is 4.57 Å². The molecule has 12 heavy (non-hydrogen) atoms. The maximum atomic E-state index is 11.9. The van der Waals surface area contributed by atoms with Crippen molar-refractivity contribution >= 4 is 7.37 Å². The quantitative estimate of drug-likeness (QED) is 0.673. The Labute approximate surface area is 73.1 Å². The monoisotopic (exact) mass is 186 g/mol. The first-order valence-electron chi connectivity index (χ1n) is 4.73. The molecule has 0 radical (unpaired) electrons. The van der Waals surface area contributed by atoms with Crippen LogP contribution in [0.1, 0.15) is 38.5 Å². The second kappa shape index (κ2) is 3.01. The molecule has 1 saturated carbocycles. The van der Waals surface area contributed by atoms with Crippen LogP contribution in [0.25, 0.3) is 0 Å². The highest BCUT2D eigenvalue weighted by Gasteiger charge is 2.37. The van der Waals surface area contributed by atoms with Crippen LogP contribution < -0.4 is 0 Å². The summed E-state index contributed by atoms with van der Waals surface area (Å²) in [5.41, 5.74) is 0.101. The van der Waals surface area contributed by atoms with Crippen molar-refractivity contribution in [3.63, 3.8) is 0 Å². The van der Waals surface area contributed by atoms with E-state index < -0.39 is 7.37 Å². The van der Waals surface area contributed by atoms with Gasteiger partial charge in [-0.25, -0.2) is 0 Å². The van der Waals surface area contributed by atoms with Crippen molar-refractivity contribution in [3.8, 4) is 0 Å². The van der Waals surface area contributed by atoms with E-state index in [1.165, 1.54) is 0 Å². The summed E-state index contributed by atoms with van der Waals surface area (Å²) in [6, 6.07) is 0. The Hall–Kier alpha value is -0.0700. The van der Waals surface area contributed by atoms with Gasteiger partial charge in [0.15, 0.2) is 0 Å². The molecule has 1 atom stereocenters. The Kier molecular flexibility index (Phi) is 2.14. The molecule has 3 heteroatoms. The van der Waals surface area contributed by atoms with E-state index in [1.807, 2.05) is 6.08 Å². The third-order valence-electron chi connectivity index (χ3n) is 3.01. The van der Waals surface area contributed by atoms with Crippen LogP contribution in [0.3, 0.4) is 0 Å². The first kappa shape index (κ1) is 8.52. The lowest BCUT2D eigenvalue weighted by molar-refractivity contribution is 0.466. The zero-order valence-corrected chi connectivity index (χ0v) is 8.09. The molecule has 2 aliphatic carbocycles. The topological polar surface area (TPSA) is 37.3 Å². The molecule has 0 aromatic heterocycles. The van der Waals surface area contributed by atoms with Crippen molar-refractivity contribution < 1.29 is 9.46 Å². The summed E-state index contributed by atoms with van der Waals surface area (Å²) in [7, 11) is -2.88. The first-order valence-corrected chi connectivity index (χ1v) is 6.46. The summed E-state index contributed by atoms with van der Waals surface area (Å²) >= 11 is 0. The smallest absolute Gasteiger partial charge is 0.228 e. The normalized spacial score (nSPS) is 29.2. The van der Waals surface area contributed by atoms with Crippen LogP contribution in [0.5, 0.6) is 0 Å². The molecule has 1 fully saturated rings. The van der Waals surface area contributed by atoms with Gasteiger partial charge in [-0.15, -0.1) is 0 Å². The van der Waals surface area contributed by atoms with Gasteiger partial charge in [-0.2, -0.15) is 0 Å². The average molecular weight is 186 g/mol. The summed E-state index contributed by atoms with van der Waals surface area (Å²) in [6.45, 7) is 0. The van der Waals surface area contributed by atoms with E-state index in [-0.39, 0.29) is 5.66 Å². The fraction of sp³-hybridized carbons (Fsp3) is 0.778. The molecule has 1 N–H and O–H groups in total. The Balaban J connectivity index is 2.13. The molecule has 2 aliphatic rings. The van der Waals surface area contributed by atoms with E-state index in [2.05, 4.69) is 0 Å². The highest BCUT2D eigenvalue weighted by atomic mass is 31.2. The van der Waals surface area contributed by atoms with Crippen molar-refractivity contribution in [2.45, 2.75) is 44.2 Å². The molecular formula is C9H15O2P. The van der Waals surface area contributed by atoms with Crippen molar-refractivity contribution in [2.75, 3.05) is 0 Å². The van der Waals surface area contributed by atoms with Crippen LogP contribution in [0, 0.1) is 0 Å². The van der Waals surface area contributed by atoms with E-state index >= 15 is 0 Å². The third-order valence-corrected chi connectivity index (χ3v) is 5.75. The second-order valence-electron chi connectivity index (χ2n) is 3.80. The molecule has 0 aromatic rings. The van der Waals surface area contributed by atoms with Gasteiger partial charge >= 0.3 is 0 Å². The summed E-state index contributed by atoms with van der Waals surface area (Å²) in [6.07, 6.45) is 8.03. The molecule has 2 rings (SSSR count). The molecule has 0 aliphatic heterocycles. The van der Waals surface area contributed by atoms with Gasteiger partial charge < -0.3 is 4.89 Å². The van der Waals surface area contributed by atoms with Crippen LogP contribution in [-0.4, -0.2) is 10.6 Å². The Morgan fingerprint density at radius 3 is 2.42 bits per heavy atom. The van der Waals surface area contributed by atoms with Crippen LogP contribution in [0.2, 0.25) is 0 Å². The standard InChI is InChI=1S/C9H15O2P/c10-12(11,9-6-3-7-9)8-4-1-2-5-8/h6,8H,1-5,7H2,(H,10,11). The van der Waals surface area contributed by atoms with Crippen molar-refractivity contribution in [1.82, 2.24) is 0 Å². The first-order chi connectivity index (χ1) is 5.71. The number of hydrogen-bond donors (Lipinski definition) is 1. The minimum atomic E-state index is -2.88. The average Bonchev–Trinajstić information content (AvgIpc) is 2.30. The fourth-order valence-electron chi connectivity index (χ4n) is 2.05. The van der Waals surface area contributed by atoms with Crippen molar-refractivity contribution in [1.29, 1.82) is 0 Å². The van der Waals surface area contributed by atoms with Gasteiger partial charge in [0.05, 0.1) is 0 Å². The lowest BCUT2D eigenvalue weighted by Gasteiger charge is -2.25. The Morgan fingerprint density at radius 1 is 1.42 bits per heavy atom. The lowest BCUT2D eigenvalue weighted by atomic mass is 10.1. The zero-order valence-electron chi connectivity index (χ0n) is 7.20. The summed E-state index contributed by atoms with van der Waals surface area (Å²) in [4.78, 5) is 9.82. The molecule has 1 unspecified atom stereocenters. The van der Waals surface area contributed by atoms with E-state index in [9.17, 15) is 9.46 Å². The molecule has 0 bridgehead atoms. The summed E-state index contributed by atoms with van der Waals surface area (Å²) in [5, 5.41) is 0.856. The van der Waals surface area contributed by atoms with E-state index in [1.54, 1.807) is 0 Å². The van der Waals surface area contributed by atoms with E-state index in [0.29, 0.717) is 0 Å². The molecular weight excluding hydrogens is 171 g/mol. The Morgan fingerprint density at radius 2 is 2.00 bits per heavy atom. The molecule has 0 aromatic carbocycles. The maximum absolute atomic E-state index is 11.9.